The van der Waals surface area contributed by atoms with Crippen LogP contribution < -0.4 is 15.5 Å². The molecule has 2 N–H and O–H groups in total. The second kappa shape index (κ2) is 12.1. The average molecular weight is 564 g/mol. The molecule has 3 aromatic rings. The van der Waals surface area contributed by atoms with Crippen LogP contribution in [0, 0.1) is 0 Å². The summed E-state index contributed by atoms with van der Waals surface area (Å²) in [6.07, 6.45) is 2.53. The van der Waals surface area contributed by atoms with Crippen LogP contribution in [-0.2, 0) is 6.42 Å². The van der Waals surface area contributed by atoms with E-state index < -0.39 is 12.1 Å². The monoisotopic (exact) mass is 563 g/mol. The van der Waals surface area contributed by atoms with Crippen LogP contribution in [0.2, 0.25) is 0 Å². The number of likely N-dealkylation sites (N-methyl/N-ethyl adjacent to an activating group) is 1. The van der Waals surface area contributed by atoms with Crippen molar-refractivity contribution in [3.63, 3.8) is 0 Å². The van der Waals surface area contributed by atoms with Crippen LogP contribution in [0.25, 0.3) is 0 Å². The third-order valence-corrected chi connectivity index (χ3v) is 7.30. The first-order chi connectivity index (χ1) is 19.7. The van der Waals surface area contributed by atoms with Crippen molar-refractivity contribution in [3.05, 3.63) is 84.2 Å². The molecule has 41 heavy (non-hydrogen) atoms. The molecule has 8 nitrogen and oxygen atoms in total. The number of carbonyl (C=O) groups is 1. The van der Waals surface area contributed by atoms with Gasteiger partial charge >= 0.3 is 6.18 Å². The highest BCUT2D eigenvalue weighted by Gasteiger charge is 2.45. The van der Waals surface area contributed by atoms with Crippen molar-refractivity contribution < 1.29 is 18.0 Å². The summed E-state index contributed by atoms with van der Waals surface area (Å²) in [5.41, 5.74) is 2.62. The molecule has 2 aromatic heterocycles. The minimum Gasteiger partial charge on any atom is -0.369 e. The van der Waals surface area contributed by atoms with Crippen LogP contribution in [0.15, 0.2) is 67.4 Å². The minimum atomic E-state index is -4.38. The Morgan fingerprint density at radius 3 is 2.54 bits per heavy atom. The molecule has 1 unspecified atom stereocenters. The molecule has 1 saturated heterocycles. The van der Waals surface area contributed by atoms with E-state index >= 15 is 0 Å². The number of rotatable bonds is 9. The number of piperazine rings is 1. The number of nitrogens with zero attached hydrogens (tertiary/aromatic N) is 5. The number of hydrogen-bond acceptors (Lipinski definition) is 8. The second-order valence-corrected chi connectivity index (χ2v) is 10.2. The largest absolute Gasteiger partial charge is 0.397 e. The minimum absolute atomic E-state index is 0.00843. The standard InChI is InChI=1S/C30H32F3N7O/c1-3-4-5-6-25(41)23-19-34-29(35-21-9-11-22(12-10-21)40-17-15-39(2)16-18-40)38-28(23)37-26-14-8-20-7-13-24(27(20)36-26)30(31,32)33/h3,5-6,8-12,14,19,24H,1,4,7,13,15-18H2,2H3,(H2,34,35,36,37,38)/b6-5+. The van der Waals surface area contributed by atoms with Crippen LogP contribution in [0.4, 0.5) is 42.1 Å². The third kappa shape index (κ3) is 6.74. The Hall–Kier alpha value is -4.25. The Morgan fingerprint density at radius 1 is 1.07 bits per heavy atom. The summed E-state index contributed by atoms with van der Waals surface area (Å²) in [5, 5.41) is 6.13. The molecule has 214 valence electrons. The number of aryl methyl sites for hydroxylation is 1. The maximum atomic E-state index is 13.6. The van der Waals surface area contributed by atoms with E-state index in [9.17, 15) is 18.0 Å². The Morgan fingerprint density at radius 2 is 1.83 bits per heavy atom. The van der Waals surface area contributed by atoms with Gasteiger partial charge in [0.15, 0.2) is 5.78 Å². The van der Waals surface area contributed by atoms with Crippen molar-refractivity contribution in [1.29, 1.82) is 0 Å². The predicted molar refractivity (Wildman–Crippen MR) is 154 cm³/mol. The van der Waals surface area contributed by atoms with Gasteiger partial charge in [0.05, 0.1) is 17.2 Å². The molecular formula is C30H32F3N7O. The number of carbonyl (C=O) groups excluding carboxylic acids is 1. The van der Waals surface area contributed by atoms with Crippen molar-refractivity contribution in [3.8, 4) is 0 Å². The molecule has 0 radical (unpaired) electrons. The molecule has 1 aromatic carbocycles. The molecular weight excluding hydrogens is 531 g/mol. The lowest BCUT2D eigenvalue weighted by molar-refractivity contribution is -0.150. The molecule has 3 heterocycles. The average Bonchev–Trinajstić information content (AvgIpc) is 3.38. The third-order valence-electron chi connectivity index (χ3n) is 7.30. The number of pyridine rings is 1. The Labute approximate surface area is 237 Å². The van der Waals surface area contributed by atoms with Crippen molar-refractivity contribution in [2.75, 3.05) is 48.8 Å². The fraction of sp³-hybridized carbons (Fsp3) is 0.333. The van der Waals surface area contributed by atoms with Gasteiger partial charge in [-0.05, 0) is 68.3 Å². The molecule has 1 aliphatic carbocycles. The van der Waals surface area contributed by atoms with Gasteiger partial charge in [0.25, 0.3) is 0 Å². The number of hydrogen-bond donors (Lipinski definition) is 2. The number of halogens is 3. The molecule has 0 bridgehead atoms. The summed E-state index contributed by atoms with van der Waals surface area (Å²) in [6.45, 7) is 7.57. The maximum Gasteiger partial charge on any atom is 0.397 e. The number of allylic oxidation sites excluding steroid dienone is 3. The van der Waals surface area contributed by atoms with Gasteiger partial charge in [-0.25, -0.2) is 9.97 Å². The van der Waals surface area contributed by atoms with Crippen molar-refractivity contribution in [2.24, 2.45) is 0 Å². The summed E-state index contributed by atoms with van der Waals surface area (Å²) in [4.78, 5) is 30.7. The summed E-state index contributed by atoms with van der Waals surface area (Å²) < 4.78 is 40.7. The van der Waals surface area contributed by atoms with Gasteiger partial charge in [-0.15, -0.1) is 6.58 Å². The highest BCUT2D eigenvalue weighted by atomic mass is 19.4. The molecule has 1 aliphatic heterocycles. The summed E-state index contributed by atoms with van der Waals surface area (Å²) >= 11 is 0. The summed E-state index contributed by atoms with van der Waals surface area (Å²) in [7, 11) is 2.11. The Balaban J connectivity index is 1.39. The molecule has 0 saturated carbocycles. The summed E-state index contributed by atoms with van der Waals surface area (Å²) in [6, 6.07) is 11.2. The zero-order chi connectivity index (χ0) is 29.0. The molecule has 0 spiro atoms. The fourth-order valence-electron chi connectivity index (χ4n) is 4.99. The molecule has 1 atom stereocenters. The number of nitrogens with one attached hydrogen (secondary N) is 2. The quantitative estimate of drug-likeness (QED) is 0.186. The van der Waals surface area contributed by atoms with Gasteiger partial charge in [-0.2, -0.15) is 18.2 Å². The normalized spacial score (nSPS) is 17.5. The van der Waals surface area contributed by atoms with Crippen LogP contribution in [0.3, 0.4) is 0 Å². The summed E-state index contributed by atoms with van der Waals surface area (Å²) in [5.74, 6) is -1.43. The van der Waals surface area contributed by atoms with Gasteiger partial charge in [0.2, 0.25) is 5.95 Å². The Kier molecular flexibility index (Phi) is 8.34. The van der Waals surface area contributed by atoms with E-state index in [4.69, 9.17) is 0 Å². The Bertz CT molecular complexity index is 1430. The number of fused-ring (bicyclic) bond motifs is 1. The fourth-order valence-corrected chi connectivity index (χ4v) is 4.99. The van der Waals surface area contributed by atoms with Gasteiger partial charge in [-0.1, -0.05) is 18.2 Å². The van der Waals surface area contributed by atoms with Crippen LogP contribution in [0.5, 0.6) is 0 Å². The van der Waals surface area contributed by atoms with Gasteiger partial charge in [0.1, 0.15) is 11.6 Å². The molecule has 5 rings (SSSR count). The predicted octanol–water partition coefficient (Wildman–Crippen LogP) is 6.02. The molecule has 0 amide bonds. The lowest BCUT2D eigenvalue weighted by atomic mass is 10.1. The van der Waals surface area contributed by atoms with E-state index in [0.717, 1.165) is 37.6 Å². The van der Waals surface area contributed by atoms with Crippen molar-refractivity contribution in [2.45, 2.75) is 31.4 Å². The van der Waals surface area contributed by atoms with Gasteiger partial charge in [0, 0.05) is 43.8 Å². The number of alkyl halides is 3. The van der Waals surface area contributed by atoms with Gasteiger partial charge in [-0.3, -0.25) is 4.79 Å². The maximum absolute atomic E-state index is 13.6. The van der Waals surface area contributed by atoms with E-state index in [2.05, 4.69) is 49.0 Å². The first-order valence-electron chi connectivity index (χ1n) is 13.5. The van der Waals surface area contributed by atoms with Gasteiger partial charge < -0.3 is 20.4 Å². The van der Waals surface area contributed by atoms with Crippen molar-refractivity contribution >= 4 is 34.7 Å². The first-order valence-corrected chi connectivity index (χ1v) is 13.5. The smallest absolute Gasteiger partial charge is 0.369 e. The van der Waals surface area contributed by atoms with Crippen LogP contribution >= 0.6 is 0 Å². The second-order valence-electron chi connectivity index (χ2n) is 10.2. The zero-order valence-electron chi connectivity index (χ0n) is 22.8. The van der Waals surface area contributed by atoms with E-state index in [1.54, 1.807) is 24.3 Å². The molecule has 1 fully saturated rings. The van der Waals surface area contributed by atoms with Crippen LogP contribution in [-0.4, -0.2) is 65.0 Å². The van der Waals surface area contributed by atoms with Crippen LogP contribution in [0.1, 0.15) is 40.4 Å². The number of anilines is 5. The molecule has 11 heteroatoms. The number of benzene rings is 1. The number of aromatic nitrogens is 3. The highest BCUT2D eigenvalue weighted by molar-refractivity contribution is 6.08. The zero-order valence-corrected chi connectivity index (χ0v) is 22.8. The van der Waals surface area contributed by atoms with E-state index in [-0.39, 0.29) is 41.0 Å². The molecule has 2 aliphatic rings. The van der Waals surface area contributed by atoms with E-state index in [0.29, 0.717) is 18.4 Å². The lowest BCUT2D eigenvalue weighted by Gasteiger charge is -2.34. The first kappa shape index (κ1) is 28.3. The van der Waals surface area contributed by atoms with Crippen molar-refractivity contribution in [1.82, 2.24) is 19.9 Å². The SMILES string of the molecule is C=CC/C=C/C(=O)c1cnc(Nc2ccc(N3CCN(C)CC3)cc2)nc1Nc1ccc2c(n1)C(C(F)(F)F)CC2. The van der Waals surface area contributed by atoms with E-state index in [1.807, 2.05) is 24.3 Å². The van der Waals surface area contributed by atoms with E-state index in [1.165, 1.54) is 12.3 Å². The lowest BCUT2D eigenvalue weighted by Crippen LogP contribution is -2.44. The highest BCUT2D eigenvalue weighted by Crippen LogP contribution is 2.43. The number of ketones is 1. The topological polar surface area (TPSA) is 86.3 Å².